The molecule has 0 aliphatic heterocycles. The van der Waals surface area contributed by atoms with Crippen LogP contribution in [-0.4, -0.2) is 15.9 Å². The summed E-state index contributed by atoms with van der Waals surface area (Å²) in [5.41, 5.74) is 2.14. The predicted molar refractivity (Wildman–Crippen MR) is 90.9 cm³/mol. The summed E-state index contributed by atoms with van der Waals surface area (Å²) < 4.78 is 0. The van der Waals surface area contributed by atoms with Crippen LogP contribution >= 0.6 is 0 Å². The van der Waals surface area contributed by atoms with Crippen molar-refractivity contribution in [3.05, 3.63) is 78.1 Å². The molecule has 2 aromatic carbocycles. The van der Waals surface area contributed by atoms with Crippen molar-refractivity contribution in [1.29, 1.82) is 5.26 Å². The van der Waals surface area contributed by atoms with E-state index in [1.165, 1.54) is 12.3 Å². The number of carbonyl (C=O) groups excluding carboxylic acids is 1. The van der Waals surface area contributed by atoms with Crippen molar-refractivity contribution in [3.63, 3.8) is 0 Å². The Balaban J connectivity index is 1.76. The topological polar surface area (TPSA) is 90.7 Å². The van der Waals surface area contributed by atoms with Gasteiger partial charge < -0.3 is 10.6 Å². The Morgan fingerprint density at radius 1 is 1.00 bits per heavy atom. The summed E-state index contributed by atoms with van der Waals surface area (Å²) in [5.74, 6) is -0.0387. The van der Waals surface area contributed by atoms with Crippen LogP contribution in [0.3, 0.4) is 0 Å². The normalized spacial score (nSPS) is 9.79. The van der Waals surface area contributed by atoms with E-state index >= 15 is 0 Å². The second kappa shape index (κ2) is 7.03. The van der Waals surface area contributed by atoms with Gasteiger partial charge in [0, 0.05) is 17.6 Å². The van der Waals surface area contributed by atoms with Gasteiger partial charge in [0.05, 0.1) is 11.6 Å². The number of nitrogens with one attached hydrogen (secondary N) is 2. The van der Waals surface area contributed by atoms with Crippen molar-refractivity contribution in [3.8, 4) is 6.07 Å². The summed E-state index contributed by atoms with van der Waals surface area (Å²) in [6.07, 6.45) is 1.50. The first-order valence-electron chi connectivity index (χ1n) is 7.21. The average molecular weight is 315 g/mol. The SMILES string of the molecule is N#Cc1cccc(Nc2nccc(C(=O)Nc3ccccc3)n2)c1. The zero-order valence-electron chi connectivity index (χ0n) is 12.6. The maximum absolute atomic E-state index is 12.2. The molecule has 0 radical (unpaired) electrons. The Morgan fingerprint density at radius 2 is 1.79 bits per heavy atom. The zero-order valence-corrected chi connectivity index (χ0v) is 12.6. The third-order valence-electron chi connectivity index (χ3n) is 3.17. The summed E-state index contributed by atoms with van der Waals surface area (Å²) in [4.78, 5) is 20.5. The monoisotopic (exact) mass is 315 g/mol. The summed E-state index contributed by atoms with van der Waals surface area (Å²) in [6.45, 7) is 0. The van der Waals surface area contributed by atoms with Gasteiger partial charge in [-0.1, -0.05) is 24.3 Å². The summed E-state index contributed by atoms with van der Waals surface area (Å²) in [7, 11) is 0. The van der Waals surface area contributed by atoms with Gasteiger partial charge in [0.1, 0.15) is 5.69 Å². The van der Waals surface area contributed by atoms with Crippen LogP contribution in [0.15, 0.2) is 66.9 Å². The Hall–Kier alpha value is -3.72. The fraction of sp³-hybridized carbons (Fsp3) is 0. The third kappa shape index (κ3) is 3.72. The number of anilines is 3. The van der Waals surface area contributed by atoms with E-state index in [1.807, 2.05) is 18.2 Å². The Kier molecular flexibility index (Phi) is 4.45. The first-order chi connectivity index (χ1) is 11.7. The van der Waals surface area contributed by atoms with Crippen LogP contribution < -0.4 is 10.6 Å². The number of benzene rings is 2. The van der Waals surface area contributed by atoms with Crippen molar-refractivity contribution in [2.75, 3.05) is 10.6 Å². The van der Waals surface area contributed by atoms with E-state index < -0.39 is 0 Å². The van der Waals surface area contributed by atoms with Gasteiger partial charge in [-0.15, -0.1) is 0 Å². The van der Waals surface area contributed by atoms with Crippen LogP contribution in [0, 0.1) is 11.3 Å². The fourth-order valence-corrected chi connectivity index (χ4v) is 2.06. The van der Waals surface area contributed by atoms with E-state index in [9.17, 15) is 4.79 Å². The molecule has 0 saturated carbocycles. The minimum atomic E-state index is -0.322. The number of carbonyl (C=O) groups is 1. The zero-order chi connectivity index (χ0) is 16.8. The molecule has 0 unspecified atom stereocenters. The lowest BCUT2D eigenvalue weighted by molar-refractivity contribution is 0.102. The van der Waals surface area contributed by atoms with Gasteiger partial charge in [0.25, 0.3) is 5.91 Å². The van der Waals surface area contributed by atoms with Crippen molar-refractivity contribution < 1.29 is 4.79 Å². The van der Waals surface area contributed by atoms with E-state index in [4.69, 9.17) is 5.26 Å². The third-order valence-corrected chi connectivity index (χ3v) is 3.17. The number of rotatable bonds is 4. The molecule has 0 atom stereocenters. The van der Waals surface area contributed by atoms with Crippen molar-refractivity contribution in [1.82, 2.24) is 9.97 Å². The minimum absolute atomic E-state index is 0.243. The molecule has 2 N–H and O–H groups in total. The molecule has 1 heterocycles. The van der Waals surface area contributed by atoms with Gasteiger partial charge >= 0.3 is 0 Å². The number of nitriles is 1. The summed E-state index contributed by atoms with van der Waals surface area (Å²) >= 11 is 0. The number of hydrogen-bond donors (Lipinski definition) is 2. The predicted octanol–water partition coefficient (Wildman–Crippen LogP) is 3.34. The lowest BCUT2D eigenvalue weighted by Gasteiger charge is -2.07. The van der Waals surface area contributed by atoms with Crippen LogP contribution in [0.5, 0.6) is 0 Å². The second-order valence-corrected chi connectivity index (χ2v) is 4.90. The van der Waals surface area contributed by atoms with Gasteiger partial charge in [0.2, 0.25) is 5.95 Å². The Morgan fingerprint density at radius 3 is 2.58 bits per heavy atom. The van der Waals surface area contributed by atoms with Gasteiger partial charge in [-0.2, -0.15) is 5.26 Å². The number of para-hydroxylation sites is 1. The highest BCUT2D eigenvalue weighted by Crippen LogP contribution is 2.15. The summed E-state index contributed by atoms with van der Waals surface area (Å²) in [6, 6.07) is 19.7. The van der Waals surface area contributed by atoms with Gasteiger partial charge in [-0.05, 0) is 36.4 Å². The van der Waals surface area contributed by atoms with Gasteiger partial charge in [0.15, 0.2) is 0 Å². The molecule has 3 rings (SSSR count). The molecule has 0 spiro atoms. The number of amides is 1. The van der Waals surface area contributed by atoms with Crippen LogP contribution in [0.1, 0.15) is 16.1 Å². The Bertz CT molecular complexity index is 903. The molecular formula is C18H13N5O. The maximum atomic E-state index is 12.2. The van der Waals surface area contributed by atoms with E-state index in [1.54, 1.807) is 36.4 Å². The molecule has 0 aliphatic carbocycles. The van der Waals surface area contributed by atoms with Gasteiger partial charge in [-0.3, -0.25) is 4.79 Å². The van der Waals surface area contributed by atoms with Gasteiger partial charge in [-0.25, -0.2) is 9.97 Å². The molecule has 1 aromatic heterocycles. The highest BCUT2D eigenvalue weighted by atomic mass is 16.1. The van der Waals surface area contributed by atoms with E-state index in [-0.39, 0.29) is 17.5 Å². The van der Waals surface area contributed by atoms with E-state index in [0.717, 1.165) is 0 Å². The molecular weight excluding hydrogens is 302 g/mol. The lowest BCUT2D eigenvalue weighted by atomic mass is 10.2. The van der Waals surface area contributed by atoms with Crippen LogP contribution in [-0.2, 0) is 0 Å². The highest BCUT2D eigenvalue weighted by molar-refractivity contribution is 6.02. The van der Waals surface area contributed by atoms with E-state index in [0.29, 0.717) is 16.9 Å². The molecule has 0 fully saturated rings. The minimum Gasteiger partial charge on any atom is -0.324 e. The average Bonchev–Trinajstić information content (AvgIpc) is 2.63. The van der Waals surface area contributed by atoms with Crippen LogP contribution in [0.2, 0.25) is 0 Å². The fourth-order valence-electron chi connectivity index (χ4n) is 2.06. The standard InChI is InChI=1S/C18H13N5O/c19-12-13-5-4-8-15(11-13)22-18-20-10-9-16(23-18)17(24)21-14-6-2-1-3-7-14/h1-11H,(H,21,24)(H,20,22,23). The highest BCUT2D eigenvalue weighted by Gasteiger charge is 2.09. The Labute approximate surface area is 138 Å². The smallest absolute Gasteiger partial charge is 0.274 e. The quantitative estimate of drug-likeness (QED) is 0.770. The molecule has 1 amide bonds. The lowest BCUT2D eigenvalue weighted by Crippen LogP contribution is -2.14. The second-order valence-electron chi connectivity index (χ2n) is 4.90. The molecule has 6 nitrogen and oxygen atoms in total. The number of nitrogens with zero attached hydrogens (tertiary/aromatic N) is 3. The van der Waals surface area contributed by atoms with Crippen LogP contribution in [0.25, 0.3) is 0 Å². The van der Waals surface area contributed by atoms with Crippen molar-refractivity contribution in [2.45, 2.75) is 0 Å². The molecule has 0 bridgehead atoms. The van der Waals surface area contributed by atoms with Crippen molar-refractivity contribution >= 4 is 23.2 Å². The summed E-state index contributed by atoms with van der Waals surface area (Å²) in [5, 5.41) is 14.7. The first kappa shape index (κ1) is 15.2. The maximum Gasteiger partial charge on any atom is 0.274 e. The number of aromatic nitrogens is 2. The number of hydrogen-bond acceptors (Lipinski definition) is 5. The molecule has 6 heteroatoms. The largest absolute Gasteiger partial charge is 0.324 e. The molecule has 0 saturated heterocycles. The molecule has 116 valence electrons. The van der Waals surface area contributed by atoms with Crippen LogP contribution in [0.4, 0.5) is 17.3 Å². The van der Waals surface area contributed by atoms with E-state index in [2.05, 4.69) is 26.7 Å². The molecule has 0 aliphatic rings. The molecule has 24 heavy (non-hydrogen) atoms. The first-order valence-corrected chi connectivity index (χ1v) is 7.21. The van der Waals surface area contributed by atoms with Crippen molar-refractivity contribution in [2.24, 2.45) is 0 Å². The molecule has 3 aromatic rings.